The van der Waals surface area contributed by atoms with Crippen LogP contribution in [0.25, 0.3) is 0 Å². The molecule has 0 spiro atoms. The van der Waals surface area contributed by atoms with E-state index >= 15 is 0 Å². The maximum Gasteiger partial charge on any atom is -0.00504 e. The molecule has 15 heavy (non-hydrogen) atoms. The summed E-state index contributed by atoms with van der Waals surface area (Å²) in [6.07, 6.45) is 0. The molecule has 0 atom stereocenters. The number of nitrogens with zero attached hydrogens (tertiary/aromatic N) is 3. The van der Waals surface area contributed by atoms with Crippen LogP contribution in [0.2, 0.25) is 0 Å². The zero-order chi connectivity index (χ0) is 12.9. The Morgan fingerprint density at radius 3 is 0.800 bits per heavy atom. The second-order valence-corrected chi connectivity index (χ2v) is 4.23. The van der Waals surface area contributed by atoms with Crippen molar-refractivity contribution in [1.29, 1.82) is 0 Å². The van der Waals surface area contributed by atoms with E-state index < -0.39 is 0 Å². The standard InChI is InChI=1S/C5H13N.C4H11N.C3H9N/c1-4-6(3)5-2;1-4-5(2)3;1-4(2)3/h4-5H2,1-3H3;4H2,1-3H3;1-3H3. The SMILES string of the molecule is CCN(C)C.CCN(C)CC.CN(C)C. The van der Waals surface area contributed by atoms with Crippen molar-refractivity contribution < 1.29 is 0 Å². The molecule has 0 radical (unpaired) electrons. The minimum Gasteiger partial charge on any atom is -0.312 e. The van der Waals surface area contributed by atoms with Gasteiger partial charge in [-0.3, -0.25) is 0 Å². The molecule has 0 heterocycles. The lowest BCUT2D eigenvalue weighted by atomic mass is 10.6. The van der Waals surface area contributed by atoms with Gasteiger partial charge in [0, 0.05) is 0 Å². The van der Waals surface area contributed by atoms with Gasteiger partial charge in [-0.15, -0.1) is 0 Å². The van der Waals surface area contributed by atoms with Crippen LogP contribution in [-0.2, 0) is 0 Å². The van der Waals surface area contributed by atoms with Gasteiger partial charge in [-0.05, 0) is 61.9 Å². The van der Waals surface area contributed by atoms with Gasteiger partial charge in [-0.25, -0.2) is 0 Å². The second-order valence-electron chi connectivity index (χ2n) is 4.23. The molecule has 0 aromatic heterocycles. The van der Waals surface area contributed by atoms with Crippen molar-refractivity contribution in [1.82, 2.24) is 14.7 Å². The fourth-order valence-corrected chi connectivity index (χ4v) is 0.224. The summed E-state index contributed by atoms with van der Waals surface area (Å²) in [6, 6.07) is 0. The Morgan fingerprint density at radius 1 is 0.600 bits per heavy atom. The van der Waals surface area contributed by atoms with Gasteiger partial charge in [0.1, 0.15) is 0 Å². The molecular formula is C12H33N3. The molecule has 0 amide bonds. The molecule has 0 saturated heterocycles. The van der Waals surface area contributed by atoms with Crippen LogP contribution in [0.4, 0.5) is 0 Å². The van der Waals surface area contributed by atoms with Crippen LogP contribution < -0.4 is 0 Å². The van der Waals surface area contributed by atoms with Crippen LogP contribution >= 0.6 is 0 Å². The van der Waals surface area contributed by atoms with Crippen LogP contribution in [0.1, 0.15) is 20.8 Å². The third kappa shape index (κ3) is 56.7. The Morgan fingerprint density at radius 2 is 0.800 bits per heavy atom. The van der Waals surface area contributed by atoms with E-state index in [9.17, 15) is 0 Å². The Bertz CT molecular complexity index is 86.1. The lowest BCUT2D eigenvalue weighted by Gasteiger charge is -2.07. The highest BCUT2D eigenvalue weighted by Crippen LogP contribution is 1.73. The molecule has 0 saturated carbocycles. The van der Waals surface area contributed by atoms with E-state index in [0.29, 0.717) is 0 Å². The molecule has 0 aromatic carbocycles. The number of hydrogen-bond acceptors (Lipinski definition) is 3. The number of rotatable bonds is 3. The van der Waals surface area contributed by atoms with Gasteiger partial charge in [0.25, 0.3) is 0 Å². The van der Waals surface area contributed by atoms with Gasteiger partial charge < -0.3 is 14.7 Å². The summed E-state index contributed by atoms with van der Waals surface area (Å²) in [7, 11) is 12.2. The first-order valence-electron chi connectivity index (χ1n) is 5.75. The van der Waals surface area contributed by atoms with Crippen LogP contribution in [0, 0.1) is 0 Å². The van der Waals surface area contributed by atoms with Crippen LogP contribution in [0.3, 0.4) is 0 Å². The summed E-state index contributed by atoms with van der Waals surface area (Å²) in [5.74, 6) is 0. The fraction of sp³-hybridized carbons (Fsp3) is 1.00. The first-order chi connectivity index (χ1) is 6.81. The molecule has 0 rings (SSSR count). The smallest absolute Gasteiger partial charge is 0.00504 e. The predicted molar refractivity (Wildman–Crippen MR) is 72.7 cm³/mol. The van der Waals surface area contributed by atoms with Crippen LogP contribution in [0.5, 0.6) is 0 Å². The molecule has 0 unspecified atom stereocenters. The minimum absolute atomic E-state index is 1.14. The molecule has 0 fully saturated rings. The zero-order valence-corrected chi connectivity index (χ0v) is 12.5. The molecule has 96 valence electrons. The summed E-state index contributed by atoms with van der Waals surface area (Å²) in [5.41, 5.74) is 0. The quantitative estimate of drug-likeness (QED) is 0.715. The highest BCUT2D eigenvalue weighted by atomic mass is 15.1. The average Bonchev–Trinajstić information content (AvgIpc) is 2.16. The summed E-state index contributed by atoms with van der Waals surface area (Å²) >= 11 is 0. The van der Waals surface area contributed by atoms with Gasteiger partial charge in [-0.2, -0.15) is 0 Å². The van der Waals surface area contributed by atoms with E-state index in [1.165, 1.54) is 0 Å². The zero-order valence-electron chi connectivity index (χ0n) is 12.5. The Hall–Kier alpha value is -0.120. The average molecular weight is 219 g/mol. The summed E-state index contributed by atoms with van der Waals surface area (Å²) < 4.78 is 0. The van der Waals surface area contributed by atoms with Gasteiger partial charge in [0.05, 0.1) is 0 Å². The minimum atomic E-state index is 1.14. The van der Waals surface area contributed by atoms with Crippen molar-refractivity contribution in [3.63, 3.8) is 0 Å². The Balaban J connectivity index is -0.000000147. The fourth-order valence-electron chi connectivity index (χ4n) is 0.224. The molecule has 0 aliphatic rings. The molecule has 0 aliphatic carbocycles. The molecule has 3 heteroatoms. The van der Waals surface area contributed by atoms with E-state index in [1.54, 1.807) is 0 Å². The van der Waals surface area contributed by atoms with Crippen molar-refractivity contribution >= 4 is 0 Å². The molecule has 0 aromatic rings. The van der Waals surface area contributed by atoms with Crippen molar-refractivity contribution in [2.45, 2.75) is 20.8 Å². The summed E-state index contributed by atoms with van der Waals surface area (Å²) in [4.78, 5) is 6.38. The van der Waals surface area contributed by atoms with Gasteiger partial charge in [0.2, 0.25) is 0 Å². The van der Waals surface area contributed by atoms with Gasteiger partial charge in [-0.1, -0.05) is 20.8 Å². The lowest BCUT2D eigenvalue weighted by Crippen LogP contribution is -2.15. The summed E-state index contributed by atoms with van der Waals surface area (Å²) in [5, 5.41) is 0. The highest BCUT2D eigenvalue weighted by Gasteiger charge is 1.81. The predicted octanol–water partition coefficient (Wildman–Crippen LogP) is 1.70. The largest absolute Gasteiger partial charge is 0.312 e. The van der Waals surface area contributed by atoms with Crippen LogP contribution in [-0.4, -0.2) is 76.6 Å². The van der Waals surface area contributed by atoms with Crippen LogP contribution in [0.15, 0.2) is 0 Å². The maximum absolute atomic E-state index is 2.25. The topological polar surface area (TPSA) is 9.72 Å². The Labute approximate surface area is 98.0 Å². The van der Waals surface area contributed by atoms with Crippen molar-refractivity contribution in [2.75, 3.05) is 61.9 Å². The van der Waals surface area contributed by atoms with E-state index in [2.05, 4.69) is 51.7 Å². The summed E-state index contributed by atoms with van der Waals surface area (Å²) in [6.45, 7) is 9.90. The normalized spacial score (nSPS) is 9.60. The monoisotopic (exact) mass is 219 g/mol. The maximum atomic E-state index is 2.25. The molecule has 0 aliphatic heterocycles. The van der Waals surface area contributed by atoms with Gasteiger partial charge >= 0.3 is 0 Å². The van der Waals surface area contributed by atoms with Gasteiger partial charge in [0.15, 0.2) is 0 Å². The van der Waals surface area contributed by atoms with E-state index in [-0.39, 0.29) is 0 Å². The molecule has 3 nitrogen and oxygen atoms in total. The molecular weight excluding hydrogens is 186 g/mol. The highest BCUT2D eigenvalue weighted by molar-refractivity contribution is 4.36. The third-order valence-corrected chi connectivity index (χ3v) is 1.71. The first kappa shape index (κ1) is 20.3. The number of hydrogen-bond donors (Lipinski definition) is 0. The van der Waals surface area contributed by atoms with Crippen molar-refractivity contribution in [2.24, 2.45) is 0 Å². The van der Waals surface area contributed by atoms with Crippen molar-refractivity contribution in [3.05, 3.63) is 0 Å². The molecule has 0 bridgehead atoms. The third-order valence-electron chi connectivity index (χ3n) is 1.71. The lowest BCUT2D eigenvalue weighted by molar-refractivity contribution is 0.373. The Kier molecular flexibility index (Phi) is 22.1. The van der Waals surface area contributed by atoms with Crippen molar-refractivity contribution in [3.8, 4) is 0 Å². The van der Waals surface area contributed by atoms with E-state index in [0.717, 1.165) is 19.6 Å². The van der Waals surface area contributed by atoms with E-state index in [1.807, 2.05) is 26.0 Å². The molecule has 0 N–H and O–H groups in total. The van der Waals surface area contributed by atoms with E-state index in [4.69, 9.17) is 0 Å². The second kappa shape index (κ2) is 16.3. The first-order valence-corrected chi connectivity index (χ1v) is 5.75.